The van der Waals surface area contributed by atoms with Gasteiger partial charge in [-0.2, -0.15) is 0 Å². The van der Waals surface area contributed by atoms with Crippen LogP contribution in [0.1, 0.15) is 37.8 Å². The second kappa shape index (κ2) is 6.94. The van der Waals surface area contributed by atoms with Crippen LogP contribution in [0.4, 0.5) is 5.69 Å². The third kappa shape index (κ3) is 4.21. The van der Waals surface area contributed by atoms with Gasteiger partial charge in [0, 0.05) is 24.8 Å². The van der Waals surface area contributed by atoms with Crippen molar-refractivity contribution in [2.24, 2.45) is 5.73 Å². The highest BCUT2D eigenvalue weighted by Gasteiger charge is 2.20. The Labute approximate surface area is 127 Å². The van der Waals surface area contributed by atoms with Crippen LogP contribution in [0.2, 0.25) is 0 Å². The maximum atomic E-state index is 11.5. The van der Waals surface area contributed by atoms with Crippen LogP contribution >= 0.6 is 0 Å². The molecule has 0 saturated carbocycles. The Kier molecular flexibility index (Phi) is 5.23. The maximum Gasteiger partial charge on any atom is 0.234 e. The average molecular weight is 289 g/mol. The van der Waals surface area contributed by atoms with Crippen molar-refractivity contribution in [3.63, 3.8) is 0 Å². The molecule has 0 spiro atoms. The fourth-order valence-electron chi connectivity index (χ4n) is 3.03. The average Bonchev–Trinajstić information content (AvgIpc) is 2.42. The van der Waals surface area contributed by atoms with Gasteiger partial charge < -0.3 is 16.0 Å². The van der Waals surface area contributed by atoms with Gasteiger partial charge in [-0.05, 0) is 37.8 Å². The van der Waals surface area contributed by atoms with Gasteiger partial charge in [-0.25, -0.2) is 0 Å². The zero-order valence-corrected chi connectivity index (χ0v) is 13.4. The number of benzene rings is 1. The molecule has 1 aromatic carbocycles. The van der Waals surface area contributed by atoms with Crippen molar-refractivity contribution in [1.82, 2.24) is 5.32 Å². The molecule has 1 aliphatic heterocycles. The summed E-state index contributed by atoms with van der Waals surface area (Å²) in [6.07, 6.45) is 3.08. The first-order valence-electron chi connectivity index (χ1n) is 7.87. The smallest absolute Gasteiger partial charge is 0.234 e. The summed E-state index contributed by atoms with van der Waals surface area (Å²) in [6, 6.07) is 6.66. The van der Waals surface area contributed by atoms with Crippen LogP contribution in [-0.2, 0) is 11.2 Å². The summed E-state index contributed by atoms with van der Waals surface area (Å²) in [7, 11) is 0. The van der Waals surface area contributed by atoms with Gasteiger partial charge in [0.15, 0.2) is 0 Å². The Bertz CT molecular complexity index is 499. The van der Waals surface area contributed by atoms with E-state index in [4.69, 9.17) is 5.73 Å². The van der Waals surface area contributed by atoms with Crippen LogP contribution in [0, 0.1) is 6.92 Å². The Morgan fingerprint density at radius 2 is 2.19 bits per heavy atom. The summed E-state index contributed by atoms with van der Waals surface area (Å²) in [5.41, 5.74) is 9.55. The van der Waals surface area contributed by atoms with Crippen molar-refractivity contribution < 1.29 is 4.79 Å². The maximum absolute atomic E-state index is 11.5. The normalized spacial score (nSPS) is 15.9. The molecule has 0 aliphatic carbocycles. The molecule has 0 bridgehead atoms. The van der Waals surface area contributed by atoms with Gasteiger partial charge in [-0.1, -0.05) is 31.5 Å². The fraction of sp³-hybridized carbons (Fsp3) is 0.588. The van der Waals surface area contributed by atoms with Crippen molar-refractivity contribution in [3.05, 3.63) is 29.3 Å². The molecule has 21 heavy (non-hydrogen) atoms. The van der Waals surface area contributed by atoms with Gasteiger partial charge in [0.05, 0.1) is 6.04 Å². The summed E-state index contributed by atoms with van der Waals surface area (Å²) in [5, 5.41) is 3.25. The number of nitrogens with zero attached hydrogens (tertiary/aromatic N) is 1. The number of nitrogens with two attached hydrogens (primary N) is 1. The van der Waals surface area contributed by atoms with E-state index in [1.165, 1.54) is 23.2 Å². The van der Waals surface area contributed by atoms with E-state index < -0.39 is 0 Å². The molecule has 1 aliphatic rings. The number of rotatable bonds is 6. The number of aryl methyl sites for hydroxylation is 2. The number of hydrogen-bond acceptors (Lipinski definition) is 3. The first kappa shape index (κ1) is 15.8. The van der Waals surface area contributed by atoms with Gasteiger partial charge in [0.25, 0.3) is 0 Å². The minimum atomic E-state index is -0.259. The molecule has 1 atom stereocenters. The van der Waals surface area contributed by atoms with E-state index in [-0.39, 0.29) is 18.0 Å². The summed E-state index contributed by atoms with van der Waals surface area (Å²) < 4.78 is 0. The Balaban J connectivity index is 2.02. The van der Waals surface area contributed by atoms with E-state index in [2.05, 4.69) is 35.3 Å². The van der Waals surface area contributed by atoms with E-state index in [1.807, 2.05) is 13.8 Å². The summed E-state index contributed by atoms with van der Waals surface area (Å²) in [4.78, 5) is 13.9. The van der Waals surface area contributed by atoms with E-state index in [1.54, 1.807) is 0 Å². The second-order valence-corrected chi connectivity index (χ2v) is 6.29. The highest BCUT2D eigenvalue weighted by Crippen LogP contribution is 2.28. The van der Waals surface area contributed by atoms with Gasteiger partial charge in [0.2, 0.25) is 5.91 Å². The lowest BCUT2D eigenvalue weighted by atomic mass is 9.99. The molecule has 1 amide bonds. The van der Waals surface area contributed by atoms with Crippen molar-refractivity contribution in [2.45, 2.75) is 52.1 Å². The number of nitrogens with one attached hydrogen (secondary N) is 1. The van der Waals surface area contributed by atoms with Crippen molar-refractivity contribution in [2.75, 3.05) is 18.0 Å². The van der Waals surface area contributed by atoms with Crippen molar-refractivity contribution in [1.29, 1.82) is 0 Å². The van der Waals surface area contributed by atoms with Gasteiger partial charge >= 0.3 is 0 Å². The zero-order valence-electron chi connectivity index (χ0n) is 13.4. The van der Waals surface area contributed by atoms with E-state index in [0.717, 1.165) is 25.9 Å². The summed E-state index contributed by atoms with van der Waals surface area (Å²) in [5.74, 6) is -0.259. The predicted octanol–water partition coefficient (Wildman–Crippen LogP) is 1.99. The SMILES string of the molecule is Cc1ccc2c(c1)CCCN2CCC(NC(C)C)C(N)=O. The quantitative estimate of drug-likeness (QED) is 0.842. The van der Waals surface area contributed by atoms with Gasteiger partial charge in [0.1, 0.15) is 0 Å². The number of hydrogen-bond donors (Lipinski definition) is 2. The van der Waals surface area contributed by atoms with Crippen LogP contribution in [0.3, 0.4) is 0 Å². The van der Waals surface area contributed by atoms with Crippen molar-refractivity contribution >= 4 is 11.6 Å². The highest BCUT2D eigenvalue weighted by atomic mass is 16.1. The fourth-order valence-corrected chi connectivity index (χ4v) is 3.03. The van der Waals surface area contributed by atoms with E-state index in [0.29, 0.717) is 0 Å². The largest absolute Gasteiger partial charge is 0.371 e. The predicted molar refractivity (Wildman–Crippen MR) is 87.6 cm³/mol. The second-order valence-electron chi connectivity index (χ2n) is 6.29. The van der Waals surface area contributed by atoms with Gasteiger partial charge in [-0.15, -0.1) is 0 Å². The summed E-state index contributed by atoms with van der Waals surface area (Å²) in [6.45, 7) is 8.13. The molecular weight excluding hydrogens is 262 g/mol. The molecule has 2 rings (SSSR count). The van der Waals surface area contributed by atoms with E-state index in [9.17, 15) is 4.79 Å². The number of primary amides is 1. The Hall–Kier alpha value is -1.55. The topological polar surface area (TPSA) is 58.4 Å². The molecule has 0 saturated heterocycles. The van der Waals surface area contributed by atoms with E-state index >= 15 is 0 Å². The zero-order chi connectivity index (χ0) is 15.4. The third-order valence-corrected chi connectivity index (χ3v) is 4.02. The lowest BCUT2D eigenvalue weighted by Gasteiger charge is -2.32. The minimum absolute atomic E-state index is 0.249. The Morgan fingerprint density at radius 1 is 1.43 bits per heavy atom. The third-order valence-electron chi connectivity index (χ3n) is 4.02. The molecule has 4 nitrogen and oxygen atoms in total. The molecule has 1 aromatic rings. The van der Waals surface area contributed by atoms with Crippen LogP contribution in [0.15, 0.2) is 18.2 Å². The number of carbonyl (C=O) groups is 1. The van der Waals surface area contributed by atoms with Crippen LogP contribution in [0.25, 0.3) is 0 Å². The lowest BCUT2D eigenvalue weighted by Crippen LogP contribution is -2.46. The standard InChI is InChI=1S/C17H27N3O/c1-12(2)19-15(17(18)21)8-10-20-9-4-5-14-11-13(3)6-7-16(14)20/h6-7,11-12,15,19H,4-5,8-10H2,1-3H3,(H2,18,21). The first-order valence-corrected chi connectivity index (χ1v) is 7.87. The monoisotopic (exact) mass is 289 g/mol. The molecule has 1 heterocycles. The first-order chi connectivity index (χ1) is 9.97. The van der Waals surface area contributed by atoms with Crippen LogP contribution in [0.5, 0.6) is 0 Å². The lowest BCUT2D eigenvalue weighted by molar-refractivity contribution is -0.120. The minimum Gasteiger partial charge on any atom is -0.371 e. The molecule has 3 N–H and O–H groups in total. The summed E-state index contributed by atoms with van der Waals surface area (Å²) >= 11 is 0. The van der Waals surface area contributed by atoms with Gasteiger partial charge in [-0.3, -0.25) is 4.79 Å². The molecule has 116 valence electrons. The Morgan fingerprint density at radius 3 is 2.86 bits per heavy atom. The highest BCUT2D eigenvalue weighted by molar-refractivity contribution is 5.79. The molecule has 0 radical (unpaired) electrons. The molecular formula is C17H27N3O. The molecule has 0 aromatic heterocycles. The number of amides is 1. The van der Waals surface area contributed by atoms with Crippen LogP contribution < -0.4 is 16.0 Å². The molecule has 0 fully saturated rings. The van der Waals surface area contributed by atoms with Crippen LogP contribution in [-0.4, -0.2) is 31.1 Å². The van der Waals surface area contributed by atoms with Crippen molar-refractivity contribution in [3.8, 4) is 0 Å². The molecule has 4 heteroatoms. The number of fused-ring (bicyclic) bond motifs is 1. The molecule has 1 unspecified atom stereocenters. The number of anilines is 1. The number of carbonyl (C=O) groups excluding carboxylic acids is 1.